The van der Waals surface area contributed by atoms with Crippen LogP contribution in [-0.2, 0) is 12.8 Å². The maximum atomic E-state index is 13.1. The third-order valence-electron chi connectivity index (χ3n) is 2.84. The summed E-state index contributed by atoms with van der Waals surface area (Å²) in [6, 6.07) is 4.84. The van der Waals surface area contributed by atoms with Crippen LogP contribution in [0.25, 0.3) is 0 Å². The number of hydrogen-bond acceptors (Lipinski definition) is 3. The molecule has 2 rings (SSSR count). The minimum Gasteiger partial charge on any atom is -0.398 e. The van der Waals surface area contributed by atoms with Gasteiger partial charge in [-0.15, -0.1) is 0 Å². The van der Waals surface area contributed by atoms with E-state index in [2.05, 4.69) is 4.98 Å². The van der Waals surface area contributed by atoms with E-state index in [0.29, 0.717) is 24.1 Å². The Balaban J connectivity index is 2.05. The third kappa shape index (κ3) is 3.72. The van der Waals surface area contributed by atoms with Crippen LogP contribution in [0.4, 0.5) is 14.5 Å². The van der Waals surface area contributed by atoms with Gasteiger partial charge < -0.3 is 11.5 Å². The molecule has 19 heavy (non-hydrogen) atoms. The van der Waals surface area contributed by atoms with Gasteiger partial charge in [0.1, 0.15) is 11.6 Å². The standard InChI is InChI=1S/C14H15F2N3/c15-11-3-9(4-12(16)7-11)5-13(17)6-10-8-19-2-1-14(10)18/h1-4,7-8,13H,5-6,17H2,(H2,18,19). The van der Waals surface area contributed by atoms with Crippen molar-refractivity contribution in [1.29, 1.82) is 0 Å². The summed E-state index contributed by atoms with van der Waals surface area (Å²) in [5, 5.41) is 0. The van der Waals surface area contributed by atoms with Gasteiger partial charge in [-0.3, -0.25) is 4.98 Å². The van der Waals surface area contributed by atoms with Crippen molar-refractivity contribution in [1.82, 2.24) is 4.98 Å². The molecule has 100 valence electrons. The van der Waals surface area contributed by atoms with Crippen molar-refractivity contribution in [3.8, 4) is 0 Å². The fourth-order valence-corrected chi connectivity index (χ4v) is 1.99. The maximum Gasteiger partial charge on any atom is 0.126 e. The van der Waals surface area contributed by atoms with Crippen molar-refractivity contribution in [3.05, 3.63) is 59.4 Å². The minimum atomic E-state index is -0.594. The van der Waals surface area contributed by atoms with Crippen molar-refractivity contribution >= 4 is 5.69 Å². The Morgan fingerprint density at radius 1 is 1.11 bits per heavy atom. The minimum absolute atomic E-state index is 0.271. The van der Waals surface area contributed by atoms with Crippen LogP contribution in [0, 0.1) is 11.6 Å². The molecule has 0 spiro atoms. The molecule has 0 saturated carbocycles. The van der Waals surface area contributed by atoms with E-state index in [1.807, 2.05) is 0 Å². The number of anilines is 1. The lowest BCUT2D eigenvalue weighted by Gasteiger charge is -2.13. The molecule has 4 N–H and O–H groups in total. The monoisotopic (exact) mass is 263 g/mol. The number of hydrogen-bond donors (Lipinski definition) is 2. The van der Waals surface area contributed by atoms with Gasteiger partial charge in [-0.2, -0.15) is 0 Å². The summed E-state index contributed by atoms with van der Waals surface area (Å²) in [6.07, 6.45) is 4.15. The first-order valence-electron chi connectivity index (χ1n) is 5.93. The molecule has 0 aliphatic carbocycles. The highest BCUT2D eigenvalue weighted by atomic mass is 19.1. The van der Waals surface area contributed by atoms with Gasteiger partial charge in [0, 0.05) is 30.2 Å². The zero-order valence-corrected chi connectivity index (χ0v) is 10.3. The topological polar surface area (TPSA) is 64.9 Å². The SMILES string of the molecule is Nc1ccncc1CC(N)Cc1cc(F)cc(F)c1. The Labute approximate surface area is 110 Å². The first-order chi connectivity index (χ1) is 9.04. The van der Waals surface area contributed by atoms with Crippen LogP contribution >= 0.6 is 0 Å². The predicted molar refractivity (Wildman–Crippen MR) is 70.4 cm³/mol. The molecule has 5 heteroatoms. The van der Waals surface area contributed by atoms with E-state index in [1.54, 1.807) is 18.5 Å². The quantitative estimate of drug-likeness (QED) is 0.887. The smallest absolute Gasteiger partial charge is 0.126 e. The number of benzene rings is 1. The van der Waals surface area contributed by atoms with Crippen molar-refractivity contribution in [2.24, 2.45) is 5.73 Å². The number of pyridine rings is 1. The Kier molecular flexibility index (Phi) is 4.06. The highest BCUT2D eigenvalue weighted by Crippen LogP contribution is 2.14. The van der Waals surface area contributed by atoms with Gasteiger partial charge in [-0.25, -0.2) is 8.78 Å². The molecule has 0 fully saturated rings. The van der Waals surface area contributed by atoms with Gasteiger partial charge in [0.2, 0.25) is 0 Å². The summed E-state index contributed by atoms with van der Waals surface area (Å²) in [7, 11) is 0. The summed E-state index contributed by atoms with van der Waals surface area (Å²) in [5.41, 5.74) is 13.8. The van der Waals surface area contributed by atoms with Gasteiger partial charge in [-0.05, 0) is 42.2 Å². The van der Waals surface area contributed by atoms with E-state index >= 15 is 0 Å². The van der Waals surface area contributed by atoms with E-state index in [0.717, 1.165) is 11.6 Å². The number of halogens is 2. The number of nitrogen functional groups attached to an aromatic ring is 1. The Morgan fingerprint density at radius 2 is 1.79 bits per heavy atom. The summed E-state index contributed by atoms with van der Waals surface area (Å²) < 4.78 is 26.1. The summed E-state index contributed by atoms with van der Waals surface area (Å²) in [5.74, 6) is -1.19. The van der Waals surface area contributed by atoms with E-state index in [9.17, 15) is 8.78 Å². The second kappa shape index (κ2) is 5.75. The van der Waals surface area contributed by atoms with Crippen molar-refractivity contribution in [3.63, 3.8) is 0 Å². The average molecular weight is 263 g/mol. The Bertz CT molecular complexity index is 552. The zero-order chi connectivity index (χ0) is 13.8. The first-order valence-corrected chi connectivity index (χ1v) is 5.93. The molecule has 0 amide bonds. The molecule has 0 aliphatic heterocycles. The number of aromatic nitrogens is 1. The van der Waals surface area contributed by atoms with E-state index < -0.39 is 11.6 Å². The van der Waals surface area contributed by atoms with Gasteiger partial charge in [0.15, 0.2) is 0 Å². The largest absolute Gasteiger partial charge is 0.398 e. The average Bonchev–Trinajstić information content (AvgIpc) is 2.30. The molecule has 1 unspecified atom stereocenters. The Morgan fingerprint density at radius 3 is 2.42 bits per heavy atom. The van der Waals surface area contributed by atoms with Crippen LogP contribution < -0.4 is 11.5 Å². The normalized spacial score (nSPS) is 12.4. The summed E-state index contributed by atoms with van der Waals surface area (Å²) >= 11 is 0. The van der Waals surface area contributed by atoms with Crippen LogP contribution in [0.3, 0.4) is 0 Å². The molecule has 0 radical (unpaired) electrons. The molecule has 2 aromatic rings. The lowest BCUT2D eigenvalue weighted by molar-refractivity contribution is 0.574. The first kappa shape index (κ1) is 13.4. The van der Waals surface area contributed by atoms with E-state index in [-0.39, 0.29) is 6.04 Å². The fraction of sp³-hybridized carbons (Fsp3) is 0.214. The molecular weight excluding hydrogens is 248 g/mol. The maximum absolute atomic E-state index is 13.1. The number of nitrogens with two attached hydrogens (primary N) is 2. The highest BCUT2D eigenvalue weighted by Gasteiger charge is 2.09. The van der Waals surface area contributed by atoms with Crippen LogP contribution in [-0.4, -0.2) is 11.0 Å². The summed E-state index contributed by atoms with van der Waals surface area (Å²) in [6.45, 7) is 0. The van der Waals surface area contributed by atoms with Gasteiger partial charge in [0.05, 0.1) is 0 Å². The molecule has 0 saturated heterocycles. The highest BCUT2D eigenvalue weighted by molar-refractivity contribution is 5.44. The van der Waals surface area contributed by atoms with Crippen LogP contribution in [0.15, 0.2) is 36.7 Å². The summed E-state index contributed by atoms with van der Waals surface area (Å²) in [4.78, 5) is 3.98. The van der Waals surface area contributed by atoms with E-state index in [4.69, 9.17) is 11.5 Å². The number of rotatable bonds is 4. The molecule has 0 aliphatic rings. The molecular formula is C14H15F2N3. The second-order valence-electron chi connectivity index (χ2n) is 4.52. The molecule has 1 aromatic heterocycles. The van der Waals surface area contributed by atoms with Crippen molar-refractivity contribution in [2.75, 3.05) is 5.73 Å². The van der Waals surface area contributed by atoms with Crippen LogP contribution in [0.2, 0.25) is 0 Å². The lowest BCUT2D eigenvalue weighted by Crippen LogP contribution is -2.26. The zero-order valence-electron chi connectivity index (χ0n) is 10.3. The number of nitrogens with zero attached hydrogens (tertiary/aromatic N) is 1. The fourth-order valence-electron chi connectivity index (χ4n) is 1.99. The van der Waals surface area contributed by atoms with Crippen LogP contribution in [0.5, 0.6) is 0 Å². The van der Waals surface area contributed by atoms with Crippen molar-refractivity contribution in [2.45, 2.75) is 18.9 Å². The van der Waals surface area contributed by atoms with Gasteiger partial charge >= 0.3 is 0 Å². The lowest BCUT2D eigenvalue weighted by atomic mass is 10.00. The van der Waals surface area contributed by atoms with E-state index in [1.165, 1.54) is 12.1 Å². The second-order valence-corrected chi connectivity index (χ2v) is 4.52. The van der Waals surface area contributed by atoms with Crippen molar-refractivity contribution < 1.29 is 8.78 Å². The molecule has 1 aromatic carbocycles. The molecule has 1 heterocycles. The molecule has 1 atom stereocenters. The predicted octanol–water partition coefficient (Wildman–Crippen LogP) is 2.05. The third-order valence-corrected chi connectivity index (χ3v) is 2.84. The van der Waals surface area contributed by atoms with Crippen LogP contribution in [0.1, 0.15) is 11.1 Å². The van der Waals surface area contributed by atoms with Gasteiger partial charge in [-0.1, -0.05) is 0 Å². The molecule has 3 nitrogen and oxygen atoms in total. The molecule has 0 bridgehead atoms. The Hall–Kier alpha value is -2.01. The van der Waals surface area contributed by atoms with Gasteiger partial charge in [0.25, 0.3) is 0 Å².